The summed E-state index contributed by atoms with van der Waals surface area (Å²) in [5.74, 6) is -0.157. The molecule has 0 saturated heterocycles. The van der Waals surface area contributed by atoms with E-state index < -0.39 is 0 Å². The van der Waals surface area contributed by atoms with Gasteiger partial charge in [0.2, 0.25) is 0 Å². The van der Waals surface area contributed by atoms with Crippen LogP contribution in [0.4, 0.5) is 0 Å². The zero-order valence-electron chi connectivity index (χ0n) is 5.15. The maximum atomic E-state index is 9.96. The molecular weight excluding hydrogens is 225 g/mol. The van der Waals surface area contributed by atoms with Gasteiger partial charge in [0.15, 0.2) is 0 Å². The minimum absolute atomic E-state index is 0.157. The summed E-state index contributed by atoms with van der Waals surface area (Å²) in [5.41, 5.74) is 0. The Morgan fingerprint density at radius 1 is 1.62 bits per heavy atom. The fraction of sp³-hybridized carbons (Fsp3) is 0.500. The predicted octanol–water partition coefficient (Wildman–Crippen LogP) is 0.752. The number of carbonyl (C=O) groups excluding carboxylic acids is 1. The van der Waals surface area contributed by atoms with E-state index in [1.165, 1.54) is 21.2 Å². The van der Waals surface area contributed by atoms with Crippen molar-refractivity contribution < 1.29 is 21.1 Å². The van der Waals surface area contributed by atoms with E-state index in [1.54, 1.807) is 14.1 Å². The summed E-state index contributed by atoms with van der Waals surface area (Å²) in [4.78, 5) is 11.4. The van der Waals surface area contributed by atoms with Gasteiger partial charge in [-0.1, -0.05) is 0 Å². The van der Waals surface area contributed by atoms with Gasteiger partial charge in [-0.05, 0) is 0 Å². The van der Waals surface area contributed by atoms with Crippen molar-refractivity contribution in [2.45, 2.75) is 0 Å². The van der Waals surface area contributed by atoms with Gasteiger partial charge in [0.1, 0.15) is 0 Å². The molecule has 0 aliphatic rings. The number of hydrogen-bond acceptors (Lipinski definition) is 1. The third-order valence-electron chi connectivity index (χ3n) is 0.499. The van der Waals surface area contributed by atoms with Crippen molar-refractivity contribution in [2.24, 2.45) is 0 Å². The van der Waals surface area contributed by atoms with Gasteiger partial charge in [-0.15, -0.1) is 0 Å². The number of carbonyl (C=O) groups is 1. The molecule has 0 unspecified atom stereocenters. The van der Waals surface area contributed by atoms with Gasteiger partial charge in [-0.2, -0.15) is 0 Å². The van der Waals surface area contributed by atoms with E-state index in [0.29, 0.717) is 0 Å². The summed E-state index contributed by atoms with van der Waals surface area (Å²) in [6.45, 7) is 3.12. The van der Waals surface area contributed by atoms with Gasteiger partial charge in [-0.25, -0.2) is 0 Å². The minimum atomic E-state index is -0.157. The molecule has 1 amide bonds. The Morgan fingerprint density at radius 3 is 1.75 bits per heavy atom. The first kappa shape index (κ1) is 11.3. The van der Waals surface area contributed by atoms with E-state index in [9.17, 15) is 4.79 Å². The molecule has 4 heteroatoms. The monoisotopic (exact) mass is 231 g/mol. The molecule has 0 aliphatic carbocycles. The Morgan fingerprint density at radius 2 is 1.75 bits per heavy atom. The SMILES string of the molecule is [CH2-]C(=O)N([13CH3])[13CH3].[Zn+][Br]. The number of rotatable bonds is 0. The molecule has 0 bridgehead atoms. The topological polar surface area (TPSA) is 20.3 Å². The van der Waals surface area contributed by atoms with Crippen LogP contribution in [-0.2, 0) is 21.1 Å². The second-order valence-electron chi connectivity index (χ2n) is 1.29. The first-order valence-electron chi connectivity index (χ1n) is 1.94. The van der Waals surface area contributed by atoms with E-state index in [4.69, 9.17) is 0 Å². The van der Waals surface area contributed by atoms with E-state index in [-0.39, 0.29) is 5.91 Å². The Labute approximate surface area is 66.7 Å². The van der Waals surface area contributed by atoms with Gasteiger partial charge < -0.3 is 16.6 Å². The van der Waals surface area contributed by atoms with Crippen molar-refractivity contribution in [3.8, 4) is 0 Å². The van der Waals surface area contributed by atoms with Crippen molar-refractivity contribution >= 4 is 19.5 Å². The van der Waals surface area contributed by atoms with E-state index in [1.807, 2.05) is 0 Å². The van der Waals surface area contributed by atoms with Crippen molar-refractivity contribution in [3.05, 3.63) is 6.92 Å². The number of amides is 1. The zero-order valence-corrected chi connectivity index (χ0v) is 9.70. The third-order valence-corrected chi connectivity index (χ3v) is 0.499. The van der Waals surface area contributed by atoms with E-state index in [0.717, 1.165) is 0 Å². The standard InChI is InChI=1S/C4H8NO.BrH.Zn/c1-4(6)5(2)3;;/h1H2,2-3H3;1H;/q-1;;+2/p-1/i2+1,3+1;;. The molecule has 0 aromatic heterocycles. The summed E-state index contributed by atoms with van der Waals surface area (Å²) >= 11 is 4.25. The molecule has 0 rings (SSSR count). The molecule has 0 fully saturated rings. The van der Waals surface area contributed by atoms with Crippen LogP contribution in [-0.4, -0.2) is 24.9 Å². The van der Waals surface area contributed by atoms with Crippen LogP contribution in [0.3, 0.4) is 0 Å². The molecule has 0 radical (unpaired) electrons. The molecule has 0 saturated carbocycles. The summed E-state index contributed by atoms with van der Waals surface area (Å²) in [6.07, 6.45) is 0. The first-order chi connectivity index (χ1) is 3.64. The Hall–Kier alpha value is 0.443. The summed E-state index contributed by atoms with van der Waals surface area (Å²) in [5, 5.41) is 0. The number of hydrogen-bond donors (Lipinski definition) is 0. The fourth-order valence-corrected chi connectivity index (χ4v) is 0. The molecule has 2 nitrogen and oxygen atoms in total. The molecule has 0 aliphatic heterocycles. The molecule has 0 heterocycles. The van der Waals surface area contributed by atoms with Gasteiger partial charge in [-0.3, -0.25) is 0 Å². The summed E-state index contributed by atoms with van der Waals surface area (Å²) in [6, 6.07) is 0. The predicted molar refractivity (Wildman–Crippen MR) is 33.0 cm³/mol. The summed E-state index contributed by atoms with van der Waals surface area (Å²) < 4.78 is 0. The van der Waals surface area contributed by atoms with Gasteiger partial charge in [0, 0.05) is 14.1 Å². The first-order valence-corrected chi connectivity index (χ1v) is 8.89. The van der Waals surface area contributed by atoms with Crippen LogP contribution in [0, 0.1) is 6.92 Å². The van der Waals surface area contributed by atoms with Crippen molar-refractivity contribution in [2.75, 3.05) is 14.1 Å². The third kappa shape index (κ3) is 9.67. The Bertz CT molecular complexity index is 67.1. The number of halogens is 1. The maximum absolute atomic E-state index is 9.96. The van der Waals surface area contributed by atoms with Crippen LogP contribution in [0.1, 0.15) is 0 Å². The van der Waals surface area contributed by atoms with Gasteiger partial charge in [0.25, 0.3) is 0 Å². The average Bonchev–Trinajstić information content (AvgIpc) is 1.72. The van der Waals surface area contributed by atoms with Crippen LogP contribution in [0.2, 0.25) is 0 Å². The fourth-order valence-electron chi connectivity index (χ4n) is 0. The van der Waals surface area contributed by atoms with Gasteiger partial charge >= 0.3 is 30.0 Å². The molecule has 0 atom stereocenters. The quantitative estimate of drug-likeness (QED) is 0.343. The van der Waals surface area contributed by atoms with Crippen molar-refractivity contribution in [3.63, 3.8) is 0 Å². The van der Waals surface area contributed by atoms with Crippen molar-refractivity contribution in [1.29, 1.82) is 0 Å². The van der Waals surface area contributed by atoms with Crippen molar-refractivity contribution in [1.82, 2.24) is 4.90 Å². The summed E-state index contributed by atoms with van der Waals surface area (Å²) in [7, 11) is 3.32. The Balaban J connectivity index is 0. The van der Waals surface area contributed by atoms with E-state index in [2.05, 4.69) is 20.5 Å². The van der Waals surface area contributed by atoms with E-state index >= 15 is 0 Å². The van der Waals surface area contributed by atoms with Crippen LogP contribution >= 0.6 is 13.6 Å². The second-order valence-corrected chi connectivity index (χ2v) is 1.29. The zero-order chi connectivity index (χ0) is 7.15. The second kappa shape index (κ2) is 7.44. The molecular formula is C4H8BrNOZn. The molecule has 0 spiro atoms. The molecule has 0 aromatic carbocycles. The van der Waals surface area contributed by atoms with Crippen LogP contribution in [0.5, 0.6) is 0 Å². The normalized spacial score (nSPS) is 6.62. The Kier molecular flexibility index (Phi) is 10.5. The molecule has 0 aromatic rings. The molecule has 8 heavy (non-hydrogen) atoms. The van der Waals surface area contributed by atoms with Crippen LogP contribution in [0.15, 0.2) is 0 Å². The average molecular weight is 233 g/mol. The van der Waals surface area contributed by atoms with Crippen LogP contribution < -0.4 is 0 Å². The molecule has 44 valence electrons. The van der Waals surface area contributed by atoms with Gasteiger partial charge in [0.05, 0.1) is 5.91 Å². The van der Waals surface area contributed by atoms with Crippen LogP contribution in [0.25, 0.3) is 0 Å². The number of nitrogens with zero attached hydrogens (tertiary/aromatic N) is 1. The molecule has 0 N–H and O–H groups in total.